The first-order chi connectivity index (χ1) is 28.3. The topological polar surface area (TPSA) is 152 Å². The van der Waals surface area contributed by atoms with Crippen molar-refractivity contribution in [1.82, 2.24) is 0 Å². The molecule has 0 bridgehead atoms. The number of ether oxygens (including phenoxy) is 4. The van der Waals surface area contributed by atoms with Gasteiger partial charge in [0.25, 0.3) is 0 Å². The van der Waals surface area contributed by atoms with Gasteiger partial charge in [0.1, 0.15) is 31.0 Å². The van der Waals surface area contributed by atoms with Crippen molar-refractivity contribution >= 4 is 11.9 Å². The van der Waals surface area contributed by atoms with Crippen molar-refractivity contribution in [3.8, 4) is 0 Å². The number of aliphatic hydroxyl groups is 4. The highest BCUT2D eigenvalue weighted by molar-refractivity contribution is 5.70. The number of carbonyl (C=O) groups is 2. The Labute approximate surface area is 354 Å². The molecular formula is C48H90O10. The molecule has 1 aliphatic rings. The maximum Gasteiger partial charge on any atom is 0.306 e. The van der Waals surface area contributed by atoms with Crippen molar-refractivity contribution < 1.29 is 49.0 Å². The monoisotopic (exact) mass is 827 g/mol. The van der Waals surface area contributed by atoms with Crippen LogP contribution in [0.5, 0.6) is 0 Å². The molecule has 6 unspecified atom stereocenters. The SMILES string of the molecule is CCCCCCCCCC/C=C\CCCCCCCCCCCC(=O)OC(COC(=O)CCCCCCCCCCCCCC)COC1OC(CO)C(O)C(O)C1O. The summed E-state index contributed by atoms with van der Waals surface area (Å²) < 4.78 is 22.2. The van der Waals surface area contributed by atoms with Gasteiger partial charge in [-0.05, 0) is 38.5 Å². The Bertz CT molecular complexity index is 959. The maximum absolute atomic E-state index is 12.8. The summed E-state index contributed by atoms with van der Waals surface area (Å²) >= 11 is 0. The molecule has 6 atom stereocenters. The third-order valence-corrected chi connectivity index (χ3v) is 11.4. The van der Waals surface area contributed by atoms with Crippen LogP contribution in [-0.4, -0.2) is 89.0 Å². The van der Waals surface area contributed by atoms with E-state index in [0.717, 1.165) is 38.5 Å². The van der Waals surface area contributed by atoms with Crippen LogP contribution in [0.15, 0.2) is 12.2 Å². The molecule has 58 heavy (non-hydrogen) atoms. The summed E-state index contributed by atoms with van der Waals surface area (Å²) in [5.41, 5.74) is 0. The van der Waals surface area contributed by atoms with Crippen LogP contribution in [-0.2, 0) is 28.5 Å². The second-order valence-corrected chi connectivity index (χ2v) is 16.9. The van der Waals surface area contributed by atoms with Crippen LogP contribution in [0.2, 0.25) is 0 Å². The maximum atomic E-state index is 12.8. The van der Waals surface area contributed by atoms with Crippen LogP contribution < -0.4 is 0 Å². The molecule has 4 N–H and O–H groups in total. The van der Waals surface area contributed by atoms with Gasteiger partial charge < -0.3 is 39.4 Å². The Morgan fingerprint density at radius 3 is 1.34 bits per heavy atom. The number of esters is 2. The van der Waals surface area contributed by atoms with E-state index in [-0.39, 0.29) is 32.0 Å². The van der Waals surface area contributed by atoms with Crippen molar-refractivity contribution in [2.45, 2.75) is 263 Å². The van der Waals surface area contributed by atoms with Crippen LogP contribution in [0, 0.1) is 0 Å². The van der Waals surface area contributed by atoms with Gasteiger partial charge in [0.05, 0.1) is 13.2 Å². The summed E-state index contributed by atoms with van der Waals surface area (Å²) in [5, 5.41) is 40.1. The smallest absolute Gasteiger partial charge is 0.306 e. The quantitative estimate of drug-likeness (QED) is 0.0266. The molecule has 1 aliphatic heterocycles. The number of allylic oxidation sites excluding steroid dienone is 2. The molecule has 0 spiro atoms. The highest BCUT2D eigenvalue weighted by atomic mass is 16.7. The molecular weight excluding hydrogens is 737 g/mol. The Balaban J connectivity index is 2.26. The van der Waals surface area contributed by atoms with Crippen LogP contribution in [0.4, 0.5) is 0 Å². The normalized spacial score (nSPS) is 20.1. The average Bonchev–Trinajstić information content (AvgIpc) is 3.22. The summed E-state index contributed by atoms with van der Waals surface area (Å²) in [6, 6.07) is 0. The third-order valence-electron chi connectivity index (χ3n) is 11.4. The number of unbranched alkanes of at least 4 members (excludes halogenated alkanes) is 28. The molecule has 0 aromatic rings. The van der Waals surface area contributed by atoms with Gasteiger partial charge in [-0.25, -0.2) is 0 Å². The molecule has 342 valence electrons. The van der Waals surface area contributed by atoms with Gasteiger partial charge in [0, 0.05) is 12.8 Å². The van der Waals surface area contributed by atoms with Crippen molar-refractivity contribution in [3.05, 3.63) is 12.2 Å². The fraction of sp³-hybridized carbons (Fsp3) is 0.917. The number of rotatable bonds is 41. The molecule has 0 aliphatic carbocycles. The van der Waals surface area contributed by atoms with E-state index in [4.69, 9.17) is 18.9 Å². The molecule has 1 heterocycles. The highest BCUT2D eigenvalue weighted by Gasteiger charge is 2.44. The molecule has 0 aromatic heterocycles. The van der Waals surface area contributed by atoms with Crippen molar-refractivity contribution in [2.24, 2.45) is 0 Å². The predicted molar refractivity (Wildman–Crippen MR) is 233 cm³/mol. The van der Waals surface area contributed by atoms with Gasteiger partial charge in [-0.1, -0.05) is 187 Å². The molecule has 10 heteroatoms. The lowest BCUT2D eigenvalue weighted by Gasteiger charge is -2.39. The van der Waals surface area contributed by atoms with Gasteiger partial charge in [0.2, 0.25) is 0 Å². The van der Waals surface area contributed by atoms with Gasteiger partial charge >= 0.3 is 11.9 Å². The van der Waals surface area contributed by atoms with Crippen LogP contribution in [0.1, 0.15) is 226 Å². The molecule has 0 saturated carbocycles. The Hall–Kier alpha value is -1.56. The lowest BCUT2D eigenvalue weighted by Crippen LogP contribution is -2.59. The molecule has 0 aromatic carbocycles. The average molecular weight is 827 g/mol. The van der Waals surface area contributed by atoms with E-state index in [2.05, 4.69) is 26.0 Å². The number of hydrogen-bond donors (Lipinski definition) is 4. The molecule has 1 saturated heterocycles. The second kappa shape index (κ2) is 39.6. The fourth-order valence-electron chi connectivity index (χ4n) is 7.54. The zero-order chi connectivity index (χ0) is 42.3. The first-order valence-electron chi connectivity index (χ1n) is 24.3. The standard InChI is InChI=1S/C48H90O10/c1-3-5-7-9-11-13-15-17-18-19-20-21-22-23-24-25-27-29-31-33-35-37-44(51)57-41(40-56-48-47(54)46(53)45(52)42(38-49)58-48)39-55-43(50)36-34-32-30-28-26-16-14-12-10-8-6-4-2/h19-20,41-42,45-49,52-54H,3-18,21-40H2,1-2H3/b20-19-. The lowest BCUT2D eigenvalue weighted by atomic mass is 9.99. The molecule has 0 amide bonds. The van der Waals surface area contributed by atoms with E-state index in [0.29, 0.717) is 6.42 Å². The van der Waals surface area contributed by atoms with E-state index >= 15 is 0 Å². The van der Waals surface area contributed by atoms with E-state index in [1.165, 1.54) is 154 Å². The minimum atomic E-state index is -1.59. The van der Waals surface area contributed by atoms with Gasteiger partial charge in [-0.15, -0.1) is 0 Å². The Morgan fingerprint density at radius 1 is 0.517 bits per heavy atom. The number of carbonyl (C=O) groups excluding carboxylic acids is 2. The van der Waals surface area contributed by atoms with Gasteiger partial charge in [0.15, 0.2) is 12.4 Å². The van der Waals surface area contributed by atoms with Crippen LogP contribution in [0.3, 0.4) is 0 Å². The minimum absolute atomic E-state index is 0.212. The van der Waals surface area contributed by atoms with E-state index < -0.39 is 49.4 Å². The highest BCUT2D eigenvalue weighted by Crippen LogP contribution is 2.23. The molecule has 1 rings (SSSR count). The lowest BCUT2D eigenvalue weighted by molar-refractivity contribution is -0.305. The second-order valence-electron chi connectivity index (χ2n) is 16.9. The van der Waals surface area contributed by atoms with Gasteiger partial charge in [-0.3, -0.25) is 9.59 Å². The zero-order valence-corrected chi connectivity index (χ0v) is 37.3. The predicted octanol–water partition coefficient (Wildman–Crippen LogP) is 10.7. The van der Waals surface area contributed by atoms with Crippen molar-refractivity contribution in [3.63, 3.8) is 0 Å². The number of aliphatic hydroxyl groups excluding tert-OH is 4. The first-order valence-corrected chi connectivity index (χ1v) is 24.3. The fourth-order valence-corrected chi connectivity index (χ4v) is 7.54. The van der Waals surface area contributed by atoms with Crippen molar-refractivity contribution in [1.29, 1.82) is 0 Å². The Morgan fingerprint density at radius 2 is 0.914 bits per heavy atom. The first kappa shape index (κ1) is 54.5. The molecule has 1 fully saturated rings. The summed E-state index contributed by atoms with van der Waals surface area (Å²) in [6.45, 7) is 3.44. The van der Waals surface area contributed by atoms with Gasteiger partial charge in [-0.2, -0.15) is 0 Å². The third kappa shape index (κ3) is 30.5. The largest absolute Gasteiger partial charge is 0.462 e. The van der Waals surface area contributed by atoms with Crippen molar-refractivity contribution in [2.75, 3.05) is 19.8 Å². The minimum Gasteiger partial charge on any atom is -0.462 e. The van der Waals surface area contributed by atoms with E-state index in [9.17, 15) is 30.0 Å². The Kier molecular flexibility index (Phi) is 37.2. The molecule has 0 radical (unpaired) electrons. The van der Waals surface area contributed by atoms with E-state index in [1.54, 1.807) is 0 Å². The summed E-state index contributed by atoms with van der Waals surface area (Å²) in [7, 11) is 0. The number of hydrogen-bond acceptors (Lipinski definition) is 10. The van der Waals surface area contributed by atoms with Crippen LogP contribution in [0.25, 0.3) is 0 Å². The summed E-state index contributed by atoms with van der Waals surface area (Å²) in [5.74, 6) is -0.798. The summed E-state index contributed by atoms with van der Waals surface area (Å²) in [4.78, 5) is 25.3. The zero-order valence-electron chi connectivity index (χ0n) is 37.3. The van der Waals surface area contributed by atoms with Crippen LogP contribution >= 0.6 is 0 Å². The molecule has 10 nitrogen and oxygen atoms in total. The summed E-state index contributed by atoms with van der Waals surface area (Å²) in [6.07, 6.45) is 35.1. The van der Waals surface area contributed by atoms with E-state index in [1.807, 2.05) is 0 Å².